The summed E-state index contributed by atoms with van der Waals surface area (Å²) in [5.74, 6) is -0.298. The molecular weight excluding hydrogens is 210 g/mol. The molecule has 0 unspecified atom stereocenters. The van der Waals surface area contributed by atoms with E-state index in [-0.39, 0.29) is 12.3 Å². The van der Waals surface area contributed by atoms with Crippen LogP contribution in [-0.2, 0) is 11.2 Å². The molecule has 0 atom stereocenters. The van der Waals surface area contributed by atoms with Crippen LogP contribution in [0, 0.1) is 6.92 Å². The Morgan fingerprint density at radius 2 is 1.82 bits per heavy atom. The summed E-state index contributed by atoms with van der Waals surface area (Å²) in [4.78, 5) is 11.1. The lowest BCUT2D eigenvalue weighted by molar-refractivity contribution is -0.117. The molecule has 17 heavy (non-hydrogen) atoms. The van der Waals surface area contributed by atoms with E-state index in [9.17, 15) is 4.79 Å². The van der Waals surface area contributed by atoms with Crippen molar-refractivity contribution in [1.29, 1.82) is 0 Å². The van der Waals surface area contributed by atoms with Crippen LogP contribution in [0.3, 0.4) is 0 Å². The largest absolute Gasteiger partial charge is 0.369 e. The Balaban J connectivity index is 2.50. The van der Waals surface area contributed by atoms with Crippen LogP contribution in [0.1, 0.15) is 11.1 Å². The van der Waals surface area contributed by atoms with Gasteiger partial charge in [0, 0.05) is 0 Å². The Kier molecular flexibility index (Phi) is 3.24. The minimum Gasteiger partial charge on any atom is -0.369 e. The third kappa shape index (κ3) is 2.72. The van der Waals surface area contributed by atoms with E-state index in [0.717, 1.165) is 22.3 Å². The van der Waals surface area contributed by atoms with Crippen molar-refractivity contribution >= 4 is 5.91 Å². The second-order valence-corrected chi connectivity index (χ2v) is 4.17. The van der Waals surface area contributed by atoms with Crippen LogP contribution in [0.4, 0.5) is 0 Å². The van der Waals surface area contributed by atoms with E-state index >= 15 is 0 Å². The molecule has 2 nitrogen and oxygen atoms in total. The zero-order valence-electron chi connectivity index (χ0n) is 9.81. The Labute approximate surface area is 101 Å². The fourth-order valence-corrected chi connectivity index (χ4v) is 1.96. The number of amides is 1. The van der Waals surface area contributed by atoms with Gasteiger partial charge in [-0.15, -0.1) is 0 Å². The van der Waals surface area contributed by atoms with Gasteiger partial charge in [0.25, 0.3) is 0 Å². The van der Waals surface area contributed by atoms with Gasteiger partial charge < -0.3 is 5.73 Å². The topological polar surface area (TPSA) is 43.1 Å². The number of hydrogen-bond acceptors (Lipinski definition) is 1. The molecule has 0 bridgehead atoms. The first-order chi connectivity index (χ1) is 8.16. The molecule has 2 rings (SSSR count). The molecule has 1 amide bonds. The standard InChI is InChI=1S/C15H15NO/c1-11-7-8-14(12-5-3-2-4-6-12)13(9-11)10-15(16)17/h2-9H,10H2,1H3,(H2,16,17). The third-order valence-corrected chi connectivity index (χ3v) is 2.71. The first-order valence-electron chi connectivity index (χ1n) is 5.60. The molecule has 2 heteroatoms. The molecule has 0 radical (unpaired) electrons. The maximum atomic E-state index is 11.1. The number of nitrogens with two attached hydrogens (primary N) is 1. The van der Waals surface area contributed by atoms with Crippen LogP contribution in [0.15, 0.2) is 48.5 Å². The summed E-state index contributed by atoms with van der Waals surface area (Å²) in [5.41, 5.74) is 9.61. The SMILES string of the molecule is Cc1ccc(-c2ccccc2)c(CC(N)=O)c1. The van der Waals surface area contributed by atoms with Crippen molar-refractivity contribution in [3.05, 3.63) is 59.7 Å². The molecule has 2 N–H and O–H groups in total. The van der Waals surface area contributed by atoms with E-state index in [0.29, 0.717) is 0 Å². The third-order valence-electron chi connectivity index (χ3n) is 2.71. The number of hydrogen-bond donors (Lipinski definition) is 1. The van der Waals surface area contributed by atoms with E-state index in [1.54, 1.807) is 0 Å². The fourth-order valence-electron chi connectivity index (χ4n) is 1.96. The number of rotatable bonds is 3. The van der Waals surface area contributed by atoms with Gasteiger partial charge in [0.15, 0.2) is 0 Å². The van der Waals surface area contributed by atoms with Gasteiger partial charge in [-0.1, -0.05) is 54.1 Å². The van der Waals surface area contributed by atoms with Gasteiger partial charge in [-0.2, -0.15) is 0 Å². The van der Waals surface area contributed by atoms with Crippen LogP contribution in [0.25, 0.3) is 11.1 Å². The average Bonchev–Trinajstić information content (AvgIpc) is 2.29. The molecule has 0 fully saturated rings. The van der Waals surface area contributed by atoms with Gasteiger partial charge >= 0.3 is 0 Å². The summed E-state index contributed by atoms with van der Waals surface area (Å²) >= 11 is 0. The van der Waals surface area contributed by atoms with Crippen LogP contribution in [0.5, 0.6) is 0 Å². The lowest BCUT2D eigenvalue weighted by Crippen LogP contribution is -2.14. The molecule has 0 heterocycles. The lowest BCUT2D eigenvalue weighted by atomic mass is 9.96. The molecule has 2 aromatic rings. The molecule has 86 valence electrons. The number of benzene rings is 2. The quantitative estimate of drug-likeness (QED) is 0.857. The van der Waals surface area contributed by atoms with Gasteiger partial charge in [-0.25, -0.2) is 0 Å². The van der Waals surface area contributed by atoms with Crippen molar-refractivity contribution in [2.24, 2.45) is 5.73 Å². The van der Waals surface area contributed by atoms with Crippen molar-refractivity contribution in [3.63, 3.8) is 0 Å². The summed E-state index contributed by atoms with van der Waals surface area (Å²) in [6, 6.07) is 16.1. The highest BCUT2D eigenvalue weighted by atomic mass is 16.1. The highest BCUT2D eigenvalue weighted by molar-refractivity contribution is 5.80. The molecule has 0 aliphatic carbocycles. The molecule has 0 aliphatic rings. The van der Waals surface area contributed by atoms with Crippen molar-refractivity contribution in [1.82, 2.24) is 0 Å². The Hall–Kier alpha value is -2.09. The predicted molar refractivity (Wildman–Crippen MR) is 69.5 cm³/mol. The van der Waals surface area contributed by atoms with Crippen LogP contribution in [-0.4, -0.2) is 5.91 Å². The second-order valence-electron chi connectivity index (χ2n) is 4.17. The van der Waals surface area contributed by atoms with Crippen LogP contribution >= 0.6 is 0 Å². The molecule has 0 aliphatic heterocycles. The maximum Gasteiger partial charge on any atom is 0.221 e. The average molecular weight is 225 g/mol. The first-order valence-corrected chi connectivity index (χ1v) is 5.60. The number of carbonyl (C=O) groups is 1. The minimum atomic E-state index is -0.298. The van der Waals surface area contributed by atoms with Crippen molar-refractivity contribution in [3.8, 4) is 11.1 Å². The van der Waals surface area contributed by atoms with E-state index in [1.807, 2.05) is 55.5 Å². The van der Waals surface area contributed by atoms with E-state index < -0.39 is 0 Å². The molecular formula is C15H15NO. The van der Waals surface area contributed by atoms with E-state index in [4.69, 9.17) is 5.73 Å². The molecule has 0 aromatic heterocycles. The number of primary amides is 1. The van der Waals surface area contributed by atoms with Crippen molar-refractivity contribution < 1.29 is 4.79 Å². The molecule has 0 spiro atoms. The molecule has 2 aromatic carbocycles. The Morgan fingerprint density at radius 1 is 1.12 bits per heavy atom. The highest BCUT2D eigenvalue weighted by Gasteiger charge is 2.07. The van der Waals surface area contributed by atoms with Gasteiger partial charge in [0.2, 0.25) is 5.91 Å². The van der Waals surface area contributed by atoms with Crippen LogP contribution < -0.4 is 5.73 Å². The lowest BCUT2D eigenvalue weighted by Gasteiger charge is -2.09. The zero-order valence-corrected chi connectivity index (χ0v) is 9.81. The van der Waals surface area contributed by atoms with E-state index in [1.165, 1.54) is 0 Å². The zero-order chi connectivity index (χ0) is 12.3. The Bertz CT molecular complexity index is 532. The van der Waals surface area contributed by atoms with E-state index in [2.05, 4.69) is 0 Å². The first kappa shape index (κ1) is 11.4. The summed E-state index contributed by atoms with van der Waals surface area (Å²) < 4.78 is 0. The van der Waals surface area contributed by atoms with Crippen molar-refractivity contribution in [2.45, 2.75) is 13.3 Å². The smallest absolute Gasteiger partial charge is 0.221 e. The summed E-state index contributed by atoms with van der Waals surface area (Å²) in [6.07, 6.45) is 0.284. The summed E-state index contributed by atoms with van der Waals surface area (Å²) in [5, 5.41) is 0. The Morgan fingerprint density at radius 3 is 2.47 bits per heavy atom. The van der Waals surface area contributed by atoms with Gasteiger partial charge in [0.1, 0.15) is 0 Å². The molecule has 0 saturated heterocycles. The second kappa shape index (κ2) is 4.83. The predicted octanol–water partition coefficient (Wildman–Crippen LogP) is 2.69. The van der Waals surface area contributed by atoms with Crippen molar-refractivity contribution in [2.75, 3.05) is 0 Å². The normalized spacial score (nSPS) is 10.2. The number of carbonyl (C=O) groups excluding carboxylic acids is 1. The molecule has 0 saturated carbocycles. The van der Waals surface area contributed by atoms with Gasteiger partial charge in [-0.05, 0) is 23.6 Å². The maximum absolute atomic E-state index is 11.1. The minimum absolute atomic E-state index is 0.284. The number of aryl methyl sites for hydroxylation is 1. The van der Waals surface area contributed by atoms with Crippen LogP contribution in [0.2, 0.25) is 0 Å². The van der Waals surface area contributed by atoms with Gasteiger partial charge in [-0.3, -0.25) is 4.79 Å². The van der Waals surface area contributed by atoms with Gasteiger partial charge in [0.05, 0.1) is 6.42 Å². The summed E-state index contributed by atoms with van der Waals surface area (Å²) in [7, 11) is 0. The monoisotopic (exact) mass is 225 g/mol. The summed E-state index contributed by atoms with van der Waals surface area (Å²) in [6.45, 7) is 2.01. The fraction of sp³-hybridized carbons (Fsp3) is 0.133. The highest BCUT2D eigenvalue weighted by Crippen LogP contribution is 2.24.